The lowest BCUT2D eigenvalue weighted by atomic mass is 9.99. The Morgan fingerprint density at radius 3 is 2.74 bits per heavy atom. The minimum absolute atomic E-state index is 0.285. The van der Waals surface area contributed by atoms with E-state index in [4.69, 9.17) is 5.73 Å². The van der Waals surface area contributed by atoms with E-state index < -0.39 is 0 Å². The van der Waals surface area contributed by atoms with Crippen LogP contribution in [0.5, 0.6) is 0 Å². The number of thiophene rings is 1. The molecule has 96 valence electrons. The van der Waals surface area contributed by atoms with Gasteiger partial charge in [-0.05, 0) is 56.0 Å². The molecule has 2 aromatic carbocycles. The number of fused-ring (bicyclic) bond motifs is 1. The van der Waals surface area contributed by atoms with Crippen LogP contribution in [0.25, 0.3) is 10.1 Å². The fourth-order valence-electron chi connectivity index (χ4n) is 2.12. The molecular formula is C15H11BrFNS. The molecule has 1 unspecified atom stereocenters. The van der Waals surface area contributed by atoms with Crippen LogP contribution in [0, 0.1) is 5.82 Å². The van der Waals surface area contributed by atoms with E-state index in [2.05, 4.69) is 33.4 Å². The quantitative estimate of drug-likeness (QED) is 0.711. The molecule has 3 rings (SSSR count). The van der Waals surface area contributed by atoms with Crippen molar-refractivity contribution in [1.82, 2.24) is 0 Å². The molecule has 0 aliphatic heterocycles. The molecule has 19 heavy (non-hydrogen) atoms. The molecular weight excluding hydrogens is 325 g/mol. The zero-order valence-electron chi connectivity index (χ0n) is 9.94. The lowest BCUT2D eigenvalue weighted by Gasteiger charge is -2.12. The van der Waals surface area contributed by atoms with Crippen molar-refractivity contribution in [3.05, 3.63) is 69.3 Å². The van der Waals surface area contributed by atoms with Crippen molar-refractivity contribution in [1.29, 1.82) is 0 Å². The molecule has 1 nitrogen and oxygen atoms in total. The van der Waals surface area contributed by atoms with E-state index in [1.54, 1.807) is 17.4 Å². The average molecular weight is 336 g/mol. The molecule has 1 atom stereocenters. The Morgan fingerprint density at radius 2 is 1.95 bits per heavy atom. The average Bonchev–Trinajstić information content (AvgIpc) is 2.85. The van der Waals surface area contributed by atoms with E-state index in [1.165, 1.54) is 10.8 Å². The highest BCUT2D eigenvalue weighted by Gasteiger charge is 2.15. The van der Waals surface area contributed by atoms with Gasteiger partial charge in [0, 0.05) is 4.70 Å². The number of nitrogens with two attached hydrogens (primary N) is 1. The maximum atomic E-state index is 13.6. The summed E-state index contributed by atoms with van der Waals surface area (Å²) in [7, 11) is 0. The van der Waals surface area contributed by atoms with Crippen molar-refractivity contribution in [3.8, 4) is 0 Å². The first-order valence-electron chi connectivity index (χ1n) is 5.83. The molecule has 0 fully saturated rings. The smallest absolute Gasteiger partial charge is 0.137 e. The molecule has 0 amide bonds. The second-order valence-corrected chi connectivity index (χ2v) is 6.10. The summed E-state index contributed by atoms with van der Waals surface area (Å²) in [6, 6.07) is 12.8. The Balaban J connectivity index is 2.08. The van der Waals surface area contributed by atoms with E-state index >= 15 is 0 Å². The van der Waals surface area contributed by atoms with Crippen LogP contribution >= 0.6 is 27.3 Å². The van der Waals surface area contributed by atoms with Gasteiger partial charge in [-0.3, -0.25) is 0 Å². The zero-order valence-corrected chi connectivity index (χ0v) is 12.3. The maximum absolute atomic E-state index is 13.6. The summed E-state index contributed by atoms with van der Waals surface area (Å²) in [5, 5.41) is 3.19. The fourth-order valence-corrected chi connectivity index (χ4v) is 3.37. The van der Waals surface area contributed by atoms with Crippen molar-refractivity contribution in [2.75, 3.05) is 0 Å². The zero-order chi connectivity index (χ0) is 13.4. The highest BCUT2D eigenvalue weighted by Crippen LogP contribution is 2.33. The molecule has 1 heterocycles. The number of halogens is 2. The summed E-state index contributed by atoms with van der Waals surface area (Å²) >= 11 is 4.81. The first kappa shape index (κ1) is 12.8. The van der Waals surface area contributed by atoms with Crippen LogP contribution in [0.15, 0.2) is 52.3 Å². The van der Waals surface area contributed by atoms with Crippen LogP contribution in [-0.4, -0.2) is 0 Å². The number of benzene rings is 2. The van der Waals surface area contributed by atoms with Gasteiger partial charge in [0.2, 0.25) is 0 Å². The summed E-state index contributed by atoms with van der Waals surface area (Å²) < 4.78 is 15.3. The van der Waals surface area contributed by atoms with Gasteiger partial charge in [-0.1, -0.05) is 24.3 Å². The van der Waals surface area contributed by atoms with Gasteiger partial charge >= 0.3 is 0 Å². The molecule has 0 aliphatic rings. The molecule has 0 saturated carbocycles. The third kappa shape index (κ3) is 2.31. The van der Waals surface area contributed by atoms with Gasteiger partial charge in [0.1, 0.15) is 5.82 Å². The lowest BCUT2D eigenvalue weighted by molar-refractivity contribution is 0.617. The SMILES string of the molecule is NC(c1ccc(Br)c(F)c1)c1csc2ccccc12. The molecule has 0 spiro atoms. The normalized spacial score (nSPS) is 12.8. The molecule has 0 radical (unpaired) electrons. The summed E-state index contributed by atoms with van der Waals surface area (Å²) in [5.74, 6) is -0.285. The molecule has 3 aromatic rings. The molecule has 1 aromatic heterocycles. The Bertz CT molecular complexity index is 738. The molecule has 0 saturated heterocycles. The highest BCUT2D eigenvalue weighted by molar-refractivity contribution is 9.10. The Hall–Kier alpha value is -1.23. The second kappa shape index (κ2) is 5.04. The molecule has 4 heteroatoms. The first-order valence-corrected chi connectivity index (χ1v) is 7.51. The number of hydrogen-bond donors (Lipinski definition) is 1. The van der Waals surface area contributed by atoms with Crippen LogP contribution in [0.2, 0.25) is 0 Å². The standard InChI is InChI=1S/C15H11BrFNS/c16-12-6-5-9(7-13(12)17)15(18)11-8-19-14-4-2-1-3-10(11)14/h1-8,15H,18H2. The third-order valence-corrected chi connectivity index (χ3v) is 4.77. The van der Waals surface area contributed by atoms with Crippen LogP contribution < -0.4 is 5.73 Å². The van der Waals surface area contributed by atoms with Gasteiger partial charge in [-0.15, -0.1) is 11.3 Å². The summed E-state index contributed by atoms with van der Waals surface area (Å²) in [6.45, 7) is 0. The topological polar surface area (TPSA) is 26.0 Å². The minimum Gasteiger partial charge on any atom is -0.320 e. The monoisotopic (exact) mass is 335 g/mol. The van der Waals surface area contributed by atoms with Crippen molar-refractivity contribution >= 4 is 37.4 Å². The Labute approximate surface area is 123 Å². The van der Waals surface area contributed by atoms with Gasteiger partial charge in [0.05, 0.1) is 10.5 Å². The summed E-state index contributed by atoms with van der Waals surface area (Å²) in [5.41, 5.74) is 8.10. The summed E-state index contributed by atoms with van der Waals surface area (Å²) in [6.07, 6.45) is 0. The predicted molar refractivity (Wildman–Crippen MR) is 82.0 cm³/mol. The van der Waals surface area contributed by atoms with E-state index in [0.29, 0.717) is 4.47 Å². The van der Waals surface area contributed by atoms with Crippen LogP contribution in [0.1, 0.15) is 17.2 Å². The van der Waals surface area contributed by atoms with Gasteiger partial charge in [0.25, 0.3) is 0 Å². The minimum atomic E-state index is -0.307. The van der Waals surface area contributed by atoms with E-state index in [1.807, 2.05) is 18.2 Å². The number of rotatable bonds is 2. The Morgan fingerprint density at radius 1 is 1.16 bits per heavy atom. The van der Waals surface area contributed by atoms with Crippen molar-refractivity contribution in [2.24, 2.45) is 5.73 Å². The van der Waals surface area contributed by atoms with Crippen molar-refractivity contribution in [2.45, 2.75) is 6.04 Å². The van der Waals surface area contributed by atoms with Gasteiger partial charge in [-0.2, -0.15) is 0 Å². The van der Waals surface area contributed by atoms with Gasteiger partial charge < -0.3 is 5.73 Å². The van der Waals surface area contributed by atoms with Crippen molar-refractivity contribution in [3.63, 3.8) is 0 Å². The van der Waals surface area contributed by atoms with Crippen LogP contribution in [0.4, 0.5) is 4.39 Å². The second-order valence-electron chi connectivity index (χ2n) is 4.34. The maximum Gasteiger partial charge on any atom is 0.137 e. The van der Waals surface area contributed by atoms with Crippen molar-refractivity contribution < 1.29 is 4.39 Å². The number of hydrogen-bond acceptors (Lipinski definition) is 2. The van der Waals surface area contributed by atoms with Crippen LogP contribution in [0.3, 0.4) is 0 Å². The van der Waals surface area contributed by atoms with E-state index in [9.17, 15) is 4.39 Å². The first-order chi connectivity index (χ1) is 9.16. The molecule has 2 N–H and O–H groups in total. The van der Waals surface area contributed by atoms with Gasteiger partial charge in [0.15, 0.2) is 0 Å². The van der Waals surface area contributed by atoms with Gasteiger partial charge in [-0.25, -0.2) is 4.39 Å². The highest BCUT2D eigenvalue weighted by atomic mass is 79.9. The molecule has 0 bridgehead atoms. The van der Waals surface area contributed by atoms with Crippen LogP contribution in [-0.2, 0) is 0 Å². The Kier molecular flexibility index (Phi) is 3.39. The van der Waals surface area contributed by atoms with E-state index in [-0.39, 0.29) is 11.9 Å². The lowest BCUT2D eigenvalue weighted by Crippen LogP contribution is -2.11. The summed E-state index contributed by atoms with van der Waals surface area (Å²) in [4.78, 5) is 0. The molecule has 0 aliphatic carbocycles. The third-order valence-electron chi connectivity index (χ3n) is 3.15. The predicted octanol–water partition coefficient (Wildman–Crippen LogP) is 4.85. The fraction of sp³-hybridized carbons (Fsp3) is 0.0667. The largest absolute Gasteiger partial charge is 0.320 e. The van der Waals surface area contributed by atoms with E-state index in [0.717, 1.165) is 16.5 Å².